The molecule has 3 heteroatoms. The number of hydrogen-bond acceptors (Lipinski definition) is 2. The zero-order valence-electron chi connectivity index (χ0n) is 5.76. The van der Waals surface area contributed by atoms with Crippen LogP contribution in [0, 0.1) is 0 Å². The number of carbonyl (C=O) groups is 1. The van der Waals surface area contributed by atoms with E-state index in [1.54, 1.807) is 0 Å². The topological polar surface area (TPSA) is 26.3 Å². The molecule has 0 aromatic heterocycles. The van der Waals surface area contributed by atoms with Crippen LogP contribution in [0.15, 0.2) is 11.6 Å². The molecule has 0 aromatic rings. The van der Waals surface area contributed by atoms with Crippen LogP contribution in [0.2, 0.25) is 0 Å². The predicted octanol–water partition coefficient (Wildman–Crippen LogP) is 1.49. The first-order valence-electron chi connectivity index (χ1n) is 3.23. The van der Waals surface area contributed by atoms with Crippen molar-refractivity contribution in [2.75, 3.05) is 6.61 Å². The molecule has 56 valence electrons. The van der Waals surface area contributed by atoms with Gasteiger partial charge in [-0.05, 0) is 24.9 Å². The summed E-state index contributed by atoms with van der Waals surface area (Å²) in [4.78, 5) is 10.6. The maximum atomic E-state index is 10.6. The van der Waals surface area contributed by atoms with Gasteiger partial charge in [0.05, 0.1) is 12.7 Å². The van der Waals surface area contributed by atoms with Gasteiger partial charge >= 0.3 is 0 Å². The van der Waals surface area contributed by atoms with Gasteiger partial charge in [-0.25, -0.2) is 0 Å². The highest BCUT2D eigenvalue weighted by Crippen LogP contribution is 2.15. The lowest BCUT2D eigenvalue weighted by Crippen LogP contribution is -2.20. The van der Waals surface area contributed by atoms with Gasteiger partial charge < -0.3 is 4.74 Å². The summed E-state index contributed by atoms with van der Waals surface area (Å²) in [5.74, 6) is 0. The Balaban J connectivity index is 2.71. The molecule has 10 heavy (non-hydrogen) atoms. The van der Waals surface area contributed by atoms with Crippen molar-refractivity contribution >= 4 is 16.8 Å². The summed E-state index contributed by atoms with van der Waals surface area (Å²) in [5.41, 5.74) is 0.591. The van der Waals surface area contributed by atoms with Gasteiger partial charge in [0.1, 0.15) is 0 Å². The molecule has 0 amide bonds. The predicted molar refractivity (Wildman–Crippen MR) is 39.0 cm³/mol. The molecule has 1 heterocycles. The second-order valence-corrected chi connectivity index (χ2v) is 2.58. The van der Waals surface area contributed by atoms with Gasteiger partial charge in [-0.1, -0.05) is 6.08 Å². The highest BCUT2D eigenvalue weighted by Gasteiger charge is 2.17. The summed E-state index contributed by atoms with van der Waals surface area (Å²) in [7, 11) is 0. The second kappa shape index (κ2) is 3.17. The van der Waals surface area contributed by atoms with Crippen LogP contribution in [0.1, 0.15) is 13.3 Å². The third kappa shape index (κ3) is 1.58. The Kier molecular flexibility index (Phi) is 2.46. The molecule has 0 N–H and O–H groups in total. The molecule has 0 bridgehead atoms. The SMILES string of the molecule is CC1OCCC=C1C(=O)Cl. The van der Waals surface area contributed by atoms with Crippen molar-refractivity contribution in [3.05, 3.63) is 11.6 Å². The molecule has 0 aliphatic carbocycles. The van der Waals surface area contributed by atoms with Crippen molar-refractivity contribution in [2.24, 2.45) is 0 Å². The van der Waals surface area contributed by atoms with Crippen LogP contribution in [0.25, 0.3) is 0 Å². The zero-order chi connectivity index (χ0) is 7.56. The normalized spacial score (nSPS) is 25.8. The van der Waals surface area contributed by atoms with Crippen molar-refractivity contribution in [1.29, 1.82) is 0 Å². The number of rotatable bonds is 1. The highest BCUT2D eigenvalue weighted by molar-refractivity contribution is 6.67. The number of halogens is 1. The summed E-state index contributed by atoms with van der Waals surface area (Å²) in [6.07, 6.45) is 2.50. The van der Waals surface area contributed by atoms with Crippen LogP contribution in [0.3, 0.4) is 0 Å². The fourth-order valence-electron chi connectivity index (χ4n) is 0.955. The second-order valence-electron chi connectivity index (χ2n) is 2.23. The van der Waals surface area contributed by atoms with Gasteiger partial charge in [0.15, 0.2) is 0 Å². The summed E-state index contributed by atoms with van der Waals surface area (Å²) in [6.45, 7) is 2.51. The van der Waals surface area contributed by atoms with E-state index in [-0.39, 0.29) is 6.10 Å². The molecule has 1 aliphatic heterocycles. The van der Waals surface area contributed by atoms with Gasteiger partial charge in [-0.2, -0.15) is 0 Å². The average Bonchev–Trinajstić information content (AvgIpc) is 1.88. The van der Waals surface area contributed by atoms with Gasteiger partial charge in [0.2, 0.25) is 0 Å². The Morgan fingerprint density at radius 2 is 2.60 bits per heavy atom. The molecule has 1 aliphatic rings. The fourth-order valence-corrected chi connectivity index (χ4v) is 1.19. The van der Waals surface area contributed by atoms with Crippen LogP contribution in [-0.4, -0.2) is 18.0 Å². The van der Waals surface area contributed by atoms with Gasteiger partial charge in [0, 0.05) is 5.57 Å². The highest BCUT2D eigenvalue weighted by atomic mass is 35.5. The lowest BCUT2D eigenvalue weighted by molar-refractivity contribution is -0.110. The van der Waals surface area contributed by atoms with E-state index in [0.29, 0.717) is 12.2 Å². The molecule has 1 unspecified atom stereocenters. The summed E-state index contributed by atoms with van der Waals surface area (Å²) < 4.78 is 5.18. The van der Waals surface area contributed by atoms with E-state index in [1.165, 1.54) is 0 Å². The van der Waals surface area contributed by atoms with Crippen LogP contribution >= 0.6 is 11.6 Å². The Hall–Kier alpha value is -0.340. The average molecular weight is 161 g/mol. The minimum Gasteiger partial charge on any atom is -0.373 e. The van der Waals surface area contributed by atoms with Crippen molar-refractivity contribution in [1.82, 2.24) is 0 Å². The molecule has 0 spiro atoms. The van der Waals surface area contributed by atoms with Crippen molar-refractivity contribution in [3.8, 4) is 0 Å². The van der Waals surface area contributed by atoms with Gasteiger partial charge in [-0.3, -0.25) is 4.79 Å². The molecular weight excluding hydrogens is 152 g/mol. The Labute approximate surface area is 64.8 Å². The summed E-state index contributed by atoms with van der Waals surface area (Å²) >= 11 is 5.26. The van der Waals surface area contributed by atoms with E-state index < -0.39 is 5.24 Å². The van der Waals surface area contributed by atoms with Gasteiger partial charge in [0.25, 0.3) is 5.24 Å². The van der Waals surface area contributed by atoms with Crippen LogP contribution < -0.4 is 0 Å². The molecule has 0 saturated heterocycles. The minimum absolute atomic E-state index is 0.126. The first-order valence-corrected chi connectivity index (χ1v) is 3.61. The largest absolute Gasteiger partial charge is 0.373 e. The lowest BCUT2D eigenvalue weighted by Gasteiger charge is -2.17. The zero-order valence-corrected chi connectivity index (χ0v) is 6.52. The molecular formula is C7H9ClO2. The molecule has 1 atom stereocenters. The Morgan fingerprint density at radius 1 is 1.90 bits per heavy atom. The monoisotopic (exact) mass is 160 g/mol. The van der Waals surface area contributed by atoms with Crippen molar-refractivity contribution in [2.45, 2.75) is 19.4 Å². The first-order chi connectivity index (χ1) is 4.72. The Morgan fingerprint density at radius 3 is 3.00 bits per heavy atom. The molecule has 0 saturated carbocycles. The quantitative estimate of drug-likeness (QED) is 0.544. The van der Waals surface area contributed by atoms with E-state index in [1.807, 2.05) is 13.0 Å². The maximum absolute atomic E-state index is 10.6. The van der Waals surface area contributed by atoms with Crippen LogP contribution in [0.5, 0.6) is 0 Å². The summed E-state index contributed by atoms with van der Waals surface area (Å²) in [6, 6.07) is 0. The maximum Gasteiger partial charge on any atom is 0.250 e. The number of hydrogen-bond donors (Lipinski definition) is 0. The smallest absolute Gasteiger partial charge is 0.250 e. The van der Waals surface area contributed by atoms with E-state index in [0.717, 1.165) is 6.42 Å². The van der Waals surface area contributed by atoms with Crippen molar-refractivity contribution in [3.63, 3.8) is 0 Å². The number of carbonyl (C=O) groups excluding carboxylic acids is 1. The third-order valence-electron chi connectivity index (χ3n) is 1.51. The molecule has 0 radical (unpaired) electrons. The molecule has 0 fully saturated rings. The third-order valence-corrected chi connectivity index (χ3v) is 1.73. The number of ether oxygens (including phenoxy) is 1. The van der Waals surface area contributed by atoms with E-state index in [9.17, 15) is 4.79 Å². The molecule has 1 rings (SSSR count). The minimum atomic E-state index is -0.396. The first kappa shape index (κ1) is 7.76. The fraction of sp³-hybridized carbons (Fsp3) is 0.571. The van der Waals surface area contributed by atoms with Crippen LogP contribution in [0.4, 0.5) is 0 Å². The van der Waals surface area contributed by atoms with Gasteiger partial charge in [-0.15, -0.1) is 0 Å². The standard InChI is InChI=1S/C7H9ClO2/c1-5-6(7(8)9)3-2-4-10-5/h3,5H,2,4H2,1H3. The van der Waals surface area contributed by atoms with E-state index >= 15 is 0 Å². The van der Waals surface area contributed by atoms with Crippen molar-refractivity contribution < 1.29 is 9.53 Å². The van der Waals surface area contributed by atoms with E-state index in [4.69, 9.17) is 16.3 Å². The molecule has 2 nitrogen and oxygen atoms in total. The molecule has 0 aromatic carbocycles. The van der Waals surface area contributed by atoms with E-state index in [2.05, 4.69) is 0 Å². The lowest BCUT2D eigenvalue weighted by atomic mass is 10.1. The van der Waals surface area contributed by atoms with Crippen LogP contribution in [-0.2, 0) is 9.53 Å². The Bertz CT molecular complexity index is 174. The summed E-state index contributed by atoms with van der Waals surface area (Å²) in [5, 5.41) is -0.396.